The molecule has 1 aromatic rings. The van der Waals surface area contributed by atoms with E-state index in [0.717, 1.165) is 12.8 Å². The maximum Gasteiger partial charge on any atom is 0.253 e. The van der Waals surface area contributed by atoms with Gasteiger partial charge in [-0.2, -0.15) is 0 Å². The van der Waals surface area contributed by atoms with Crippen LogP contribution in [-0.2, 0) is 0 Å². The molecule has 1 aromatic heterocycles. The van der Waals surface area contributed by atoms with E-state index in [1.807, 2.05) is 6.92 Å². The number of nitrogens with zero attached hydrogens (tertiary/aromatic N) is 1. The summed E-state index contributed by atoms with van der Waals surface area (Å²) in [7, 11) is 1.55. The number of aliphatic hydroxyl groups excluding tert-OH is 1. The lowest BCUT2D eigenvalue weighted by Gasteiger charge is -2.17. The van der Waals surface area contributed by atoms with Gasteiger partial charge in [0.15, 0.2) is 0 Å². The van der Waals surface area contributed by atoms with Crippen molar-refractivity contribution in [3.05, 3.63) is 23.9 Å². The number of aliphatic hydroxyl groups is 1. The molecule has 20 heavy (non-hydrogen) atoms. The third-order valence-electron chi connectivity index (χ3n) is 4.63. The molecule has 2 saturated carbocycles. The fraction of sp³-hybridized carbons (Fsp3) is 0.600. The first-order valence-corrected chi connectivity index (χ1v) is 7.09. The van der Waals surface area contributed by atoms with Gasteiger partial charge in [-0.1, -0.05) is 0 Å². The fourth-order valence-electron chi connectivity index (χ4n) is 3.63. The van der Waals surface area contributed by atoms with Crippen molar-refractivity contribution < 1.29 is 14.6 Å². The zero-order valence-corrected chi connectivity index (χ0v) is 11.7. The van der Waals surface area contributed by atoms with Gasteiger partial charge in [0.2, 0.25) is 5.88 Å². The van der Waals surface area contributed by atoms with Crippen LogP contribution in [0.4, 0.5) is 0 Å². The summed E-state index contributed by atoms with van der Waals surface area (Å²) in [4.78, 5) is 16.2. The lowest BCUT2D eigenvalue weighted by molar-refractivity contribution is 0.0928. The predicted octanol–water partition coefficient (Wildman–Crippen LogP) is 1.23. The largest absolute Gasteiger partial charge is 0.481 e. The molecule has 3 unspecified atom stereocenters. The minimum Gasteiger partial charge on any atom is -0.481 e. The smallest absolute Gasteiger partial charge is 0.253 e. The predicted molar refractivity (Wildman–Crippen MR) is 73.4 cm³/mol. The third-order valence-corrected chi connectivity index (χ3v) is 4.63. The summed E-state index contributed by atoms with van der Waals surface area (Å²) in [5.74, 6) is 2.11. The minimum absolute atomic E-state index is 0.0989. The summed E-state index contributed by atoms with van der Waals surface area (Å²) >= 11 is 0. The molecule has 5 atom stereocenters. The van der Waals surface area contributed by atoms with Gasteiger partial charge in [0.25, 0.3) is 5.91 Å². The number of carbonyl (C=O) groups is 1. The van der Waals surface area contributed by atoms with Crippen LogP contribution < -0.4 is 10.1 Å². The fourth-order valence-corrected chi connectivity index (χ4v) is 3.63. The highest BCUT2D eigenvalue weighted by Gasteiger charge is 2.57. The number of hydrogen-bond donors (Lipinski definition) is 2. The van der Waals surface area contributed by atoms with Gasteiger partial charge in [-0.05, 0) is 43.6 Å². The molecule has 1 heterocycles. The molecule has 0 saturated heterocycles. The highest BCUT2D eigenvalue weighted by molar-refractivity contribution is 5.94. The minimum atomic E-state index is -0.130. The summed E-state index contributed by atoms with van der Waals surface area (Å²) in [5, 5.41) is 12.6. The van der Waals surface area contributed by atoms with Crippen molar-refractivity contribution in [2.45, 2.75) is 31.9 Å². The Balaban J connectivity index is 1.56. The zero-order valence-electron chi connectivity index (χ0n) is 11.7. The topological polar surface area (TPSA) is 71.5 Å². The molecule has 2 N–H and O–H groups in total. The molecule has 0 aliphatic heterocycles. The number of aromatic nitrogens is 1. The average Bonchev–Trinajstić information content (AvgIpc) is 2.97. The summed E-state index contributed by atoms with van der Waals surface area (Å²) in [6.07, 6.45) is 3.17. The average molecular weight is 276 g/mol. The van der Waals surface area contributed by atoms with Crippen LogP contribution in [0.25, 0.3) is 0 Å². The SMILES string of the molecule is COc1ccc(C(=O)NC(C)C2[C@H]3CC(O)C[C@@H]23)cn1. The molecule has 0 bridgehead atoms. The van der Waals surface area contributed by atoms with Crippen LogP contribution in [0.1, 0.15) is 30.1 Å². The Morgan fingerprint density at radius 3 is 2.70 bits per heavy atom. The van der Waals surface area contributed by atoms with E-state index >= 15 is 0 Å². The van der Waals surface area contributed by atoms with Crippen LogP contribution in [0.5, 0.6) is 5.88 Å². The van der Waals surface area contributed by atoms with E-state index in [1.54, 1.807) is 19.2 Å². The van der Waals surface area contributed by atoms with Gasteiger partial charge in [-0.3, -0.25) is 4.79 Å². The molecule has 2 fully saturated rings. The highest BCUT2D eigenvalue weighted by atomic mass is 16.5. The van der Waals surface area contributed by atoms with Gasteiger partial charge in [0.1, 0.15) is 0 Å². The molecule has 5 nitrogen and oxygen atoms in total. The van der Waals surface area contributed by atoms with E-state index in [9.17, 15) is 9.90 Å². The lowest BCUT2D eigenvalue weighted by atomic mass is 10.0. The van der Waals surface area contributed by atoms with Gasteiger partial charge >= 0.3 is 0 Å². The number of carbonyl (C=O) groups excluding carboxylic acids is 1. The van der Waals surface area contributed by atoms with E-state index < -0.39 is 0 Å². The van der Waals surface area contributed by atoms with Gasteiger partial charge in [0, 0.05) is 18.3 Å². The quantitative estimate of drug-likeness (QED) is 0.867. The molecule has 0 radical (unpaired) electrons. The molecule has 0 aromatic carbocycles. The summed E-state index contributed by atoms with van der Waals surface area (Å²) in [5.41, 5.74) is 0.545. The molecule has 0 spiro atoms. The van der Waals surface area contributed by atoms with Crippen LogP contribution in [0, 0.1) is 17.8 Å². The lowest BCUT2D eigenvalue weighted by Crippen LogP contribution is -2.35. The Hall–Kier alpha value is -1.62. The summed E-state index contributed by atoms with van der Waals surface area (Å²) in [6, 6.07) is 3.54. The zero-order chi connectivity index (χ0) is 14.3. The molecule has 2 aliphatic rings. The van der Waals surface area contributed by atoms with Crippen LogP contribution in [0.15, 0.2) is 18.3 Å². The molecular weight excluding hydrogens is 256 g/mol. The van der Waals surface area contributed by atoms with Gasteiger partial charge in [0.05, 0.1) is 18.8 Å². The Morgan fingerprint density at radius 2 is 2.15 bits per heavy atom. The maximum atomic E-state index is 12.1. The van der Waals surface area contributed by atoms with Crippen molar-refractivity contribution in [3.63, 3.8) is 0 Å². The first-order valence-electron chi connectivity index (χ1n) is 7.09. The van der Waals surface area contributed by atoms with Crippen LogP contribution in [-0.4, -0.2) is 35.3 Å². The van der Waals surface area contributed by atoms with Crippen molar-refractivity contribution in [2.24, 2.45) is 17.8 Å². The van der Waals surface area contributed by atoms with Crippen molar-refractivity contribution in [1.29, 1.82) is 0 Å². The number of ether oxygens (including phenoxy) is 1. The number of rotatable bonds is 4. The molecule has 1 amide bonds. The standard InChI is InChI=1S/C15H20N2O3/c1-8(14-11-5-10(18)6-12(11)14)17-15(19)9-3-4-13(20-2)16-7-9/h3-4,7-8,10-12,14,18H,5-6H2,1-2H3,(H,17,19)/t8?,10?,11-,12+,14?. The van der Waals surface area contributed by atoms with Crippen LogP contribution >= 0.6 is 0 Å². The normalized spacial score (nSPS) is 32.4. The number of nitrogens with one attached hydrogen (secondary N) is 1. The second kappa shape index (κ2) is 5.05. The first-order chi connectivity index (χ1) is 9.60. The van der Waals surface area contributed by atoms with E-state index in [2.05, 4.69) is 10.3 Å². The Labute approximate surface area is 118 Å². The third kappa shape index (κ3) is 2.38. The molecule has 2 aliphatic carbocycles. The van der Waals surface area contributed by atoms with E-state index in [4.69, 9.17) is 4.74 Å². The van der Waals surface area contributed by atoms with Gasteiger partial charge in [-0.15, -0.1) is 0 Å². The number of hydrogen-bond acceptors (Lipinski definition) is 4. The Bertz CT molecular complexity index is 490. The second-order valence-corrected chi connectivity index (χ2v) is 5.88. The molecular formula is C15H20N2O3. The summed E-state index contributed by atoms with van der Waals surface area (Å²) in [6.45, 7) is 2.05. The molecule has 3 rings (SSSR count). The van der Waals surface area contributed by atoms with Crippen molar-refractivity contribution >= 4 is 5.91 Å². The highest BCUT2D eigenvalue weighted by Crippen LogP contribution is 2.58. The number of fused-ring (bicyclic) bond motifs is 1. The number of methoxy groups -OCH3 is 1. The Kier molecular flexibility index (Phi) is 3.38. The van der Waals surface area contributed by atoms with Crippen LogP contribution in [0.2, 0.25) is 0 Å². The van der Waals surface area contributed by atoms with E-state index in [0.29, 0.717) is 29.2 Å². The second-order valence-electron chi connectivity index (χ2n) is 5.88. The van der Waals surface area contributed by atoms with Crippen molar-refractivity contribution in [1.82, 2.24) is 10.3 Å². The van der Waals surface area contributed by atoms with E-state index in [-0.39, 0.29) is 18.1 Å². The Morgan fingerprint density at radius 1 is 1.45 bits per heavy atom. The van der Waals surface area contributed by atoms with Crippen LogP contribution in [0.3, 0.4) is 0 Å². The number of amides is 1. The summed E-state index contributed by atoms with van der Waals surface area (Å²) < 4.78 is 4.97. The van der Waals surface area contributed by atoms with Gasteiger partial charge < -0.3 is 15.2 Å². The van der Waals surface area contributed by atoms with Gasteiger partial charge in [-0.25, -0.2) is 4.98 Å². The maximum absolute atomic E-state index is 12.1. The number of pyridine rings is 1. The van der Waals surface area contributed by atoms with E-state index in [1.165, 1.54) is 6.20 Å². The van der Waals surface area contributed by atoms with Crippen molar-refractivity contribution in [3.8, 4) is 5.88 Å². The monoisotopic (exact) mass is 276 g/mol. The van der Waals surface area contributed by atoms with Crippen molar-refractivity contribution in [2.75, 3.05) is 7.11 Å². The first kappa shape index (κ1) is 13.4. The molecule has 108 valence electrons. The molecule has 5 heteroatoms.